The lowest BCUT2D eigenvalue weighted by Gasteiger charge is -2.14. The van der Waals surface area contributed by atoms with E-state index in [1.165, 1.54) is 12.3 Å². The topological polar surface area (TPSA) is 123 Å². The maximum atomic E-state index is 13.1. The number of nitrogens with one attached hydrogen (secondary N) is 4. The van der Waals surface area contributed by atoms with Gasteiger partial charge in [-0.2, -0.15) is 13.2 Å². The molecule has 0 aliphatic heterocycles. The zero-order valence-electron chi connectivity index (χ0n) is 20.2. The summed E-state index contributed by atoms with van der Waals surface area (Å²) in [6, 6.07) is 19.7. The Kier molecular flexibility index (Phi) is 6.90. The van der Waals surface area contributed by atoms with E-state index in [1.807, 2.05) is 18.2 Å². The van der Waals surface area contributed by atoms with Crippen LogP contribution in [0, 0.1) is 0 Å². The van der Waals surface area contributed by atoms with Gasteiger partial charge in [0, 0.05) is 18.3 Å². The highest BCUT2D eigenvalue weighted by Gasteiger charge is 2.31. The van der Waals surface area contributed by atoms with Crippen LogP contribution in [0.2, 0.25) is 0 Å². The Bertz CT molecular complexity index is 1700. The first-order chi connectivity index (χ1) is 18.7. The fourth-order valence-corrected chi connectivity index (χ4v) is 4.15. The molecule has 5 N–H and O–H groups in total. The van der Waals surface area contributed by atoms with E-state index in [-0.39, 0.29) is 29.2 Å². The maximum Gasteiger partial charge on any atom is 0.416 e. The number of pyridine rings is 1. The van der Waals surface area contributed by atoms with Crippen molar-refractivity contribution >= 4 is 28.3 Å². The van der Waals surface area contributed by atoms with E-state index in [0.29, 0.717) is 22.3 Å². The van der Waals surface area contributed by atoms with Gasteiger partial charge in [-0.1, -0.05) is 42.5 Å². The number of anilines is 2. The number of aromatic nitrogens is 3. The van der Waals surface area contributed by atoms with Gasteiger partial charge in [-0.05, 0) is 42.0 Å². The number of carbonyl (C=O) groups is 1. The molecular weight excluding hydrogens is 511 g/mol. The van der Waals surface area contributed by atoms with Crippen molar-refractivity contribution < 1.29 is 23.1 Å². The number of rotatable bonds is 7. The third-order valence-electron chi connectivity index (χ3n) is 6.09. The molecule has 0 aliphatic carbocycles. The number of alkyl halides is 3. The number of halogens is 3. The number of carbonyl (C=O) groups excluding carboxylic acids is 1. The standard InChI is InChI=1S/C28H22F3N5O3/c29-28(30,31)18-9-4-8-17(14-18)26(38)35-21-11-5-10-20-24(21)36-25(34-20)23-19(12-13-32-27(23)39)33-15-22(37)16-6-2-1-3-7-16/h1-14,22,37H,15H2,(H,34,36)(H,35,38)(H2,32,33,39)/t22-/m0/s1. The van der Waals surface area contributed by atoms with Crippen molar-refractivity contribution in [2.24, 2.45) is 0 Å². The fourth-order valence-electron chi connectivity index (χ4n) is 4.15. The zero-order chi connectivity index (χ0) is 27.6. The molecule has 0 fully saturated rings. The van der Waals surface area contributed by atoms with E-state index in [4.69, 9.17) is 0 Å². The number of aromatic amines is 2. The number of imidazole rings is 1. The number of aliphatic hydroxyl groups excluding tert-OH is 1. The summed E-state index contributed by atoms with van der Waals surface area (Å²) in [5.41, 5.74) is 0.852. The predicted octanol–water partition coefficient (Wildman–Crippen LogP) is 5.33. The molecule has 0 radical (unpaired) electrons. The van der Waals surface area contributed by atoms with Crippen molar-refractivity contribution in [1.82, 2.24) is 15.0 Å². The van der Waals surface area contributed by atoms with Crippen LogP contribution >= 0.6 is 0 Å². The van der Waals surface area contributed by atoms with Crippen molar-refractivity contribution in [2.75, 3.05) is 17.2 Å². The average Bonchev–Trinajstić information content (AvgIpc) is 3.36. The van der Waals surface area contributed by atoms with Gasteiger partial charge in [-0.15, -0.1) is 0 Å². The van der Waals surface area contributed by atoms with Crippen molar-refractivity contribution in [1.29, 1.82) is 0 Å². The Morgan fingerprint density at radius 3 is 2.51 bits per heavy atom. The third kappa shape index (κ3) is 5.53. The summed E-state index contributed by atoms with van der Waals surface area (Å²) < 4.78 is 39.3. The van der Waals surface area contributed by atoms with Crippen molar-refractivity contribution in [3.05, 3.63) is 112 Å². The smallest absolute Gasteiger partial charge is 0.387 e. The molecule has 0 bridgehead atoms. The highest BCUT2D eigenvalue weighted by Crippen LogP contribution is 2.31. The number of hydrogen-bond donors (Lipinski definition) is 5. The van der Waals surface area contributed by atoms with Gasteiger partial charge in [0.1, 0.15) is 11.4 Å². The van der Waals surface area contributed by atoms with Crippen LogP contribution in [0.1, 0.15) is 27.6 Å². The third-order valence-corrected chi connectivity index (χ3v) is 6.09. The van der Waals surface area contributed by atoms with Gasteiger partial charge in [0.2, 0.25) is 0 Å². The van der Waals surface area contributed by atoms with E-state index in [1.54, 1.807) is 36.4 Å². The van der Waals surface area contributed by atoms with Crippen LogP contribution in [0.25, 0.3) is 22.4 Å². The van der Waals surface area contributed by atoms with Crippen LogP contribution in [0.3, 0.4) is 0 Å². The van der Waals surface area contributed by atoms with Gasteiger partial charge in [0.15, 0.2) is 0 Å². The molecule has 2 heterocycles. The van der Waals surface area contributed by atoms with Crippen molar-refractivity contribution in [2.45, 2.75) is 12.3 Å². The molecule has 1 amide bonds. The van der Waals surface area contributed by atoms with E-state index in [2.05, 4.69) is 25.6 Å². The fraction of sp³-hybridized carbons (Fsp3) is 0.107. The minimum atomic E-state index is -4.58. The minimum Gasteiger partial charge on any atom is -0.387 e. The second-order valence-corrected chi connectivity index (χ2v) is 8.72. The largest absolute Gasteiger partial charge is 0.416 e. The summed E-state index contributed by atoms with van der Waals surface area (Å²) in [5.74, 6) is -0.538. The van der Waals surface area contributed by atoms with Crippen molar-refractivity contribution in [3.8, 4) is 11.4 Å². The summed E-state index contributed by atoms with van der Waals surface area (Å²) in [6.45, 7) is 0.124. The van der Waals surface area contributed by atoms with Gasteiger partial charge in [-0.25, -0.2) is 4.98 Å². The Hall–Kier alpha value is -4.90. The summed E-state index contributed by atoms with van der Waals surface area (Å²) in [4.78, 5) is 35.8. The van der Waals surface area contributed by atoms with Crippen LogP contribution in [0.5, 0.6) is 0 Å². The number of hydrogen-bond acceptors (Lipinski definition) is 5. The highest BCUT2D eigenvalue weighted by molar-refractivity contribution is 6.08. The van der Waals surface area contributed by atoms with Crippen LogP contribution in [0.4, 0.5) is 24.5 Å². The maximum absolute atomic E-state index is 13.1. The number of benzene rings is 3. The first kappa shape index (κ1) is 25.7. The normalized spacial score (nSPS) is 12.3. The summed E-state index contributed by atoms with van der Waals surface area (Å²) in [7, 11) is 0. The Balaban J connectivity index is 1.44. The molecule has 5 rings (SSSR count). The van der Waals surface area contributed by atoms with Gasteiger partial charge >= 0.3 is 6.18 Å². The van der Waals surface area contributed by atoms with E-state index >= 15 is 0 Å². The average molecular weight is 534 g/mol. The Labute approximate surface area is 219 Å². The molecular formula is C28H22F3N5O3. The van der Waals surface area contributed by atoms with Crippen LogP contribution in [0.15, 0.2) is 89.9 Å². The number of amides is 1. The Morgan fingerprint density at radius 1 is 0.974 bits per heavy atom. The lowest BCUT2D eigenvalue weighted by atomic mass is 10.1. The molecule has 0 unspecified atom stereocenters. The van der Waals surface area contributed by atoms with E-state index < -0.39 is 29.3 Å². The molecule has 0 saturated carbocycles. The second-order valence-electron chi connectivity index (χ2n) is 8.72. The van der Waals surface area contributed by atoms with Crippen LogP contribution in [-0.4, -0.2) is 32.5 Å². The van der Waals surface area contributed by atoms with Crippen LogP contribution < -0.4 is 16.2 Å². The Morgan fingerprint density at radius 2 is 1.74 bits per heavy atom. The molecule has 0 aliphatic rings. The predicted molar refractivity (Wildman–Crippen MR) is 141 cm³/mol. The van der Waals surface area contributed by atoms with Crippen molar-refractivity contribution in [3.63, 3.8) is 0 Å². The SMILES string of the molecule is O=C(Nc1cccc2nc(-c3c(NC[C@H](O)c4ccccc4)cc[nH]c3=O)[nH]c12)c1cccc(C(F)(F)F)c1. The summed E-state index contributed by atoms with van der Waals surface area (Å²) in [5, 5.41) is 16.2. The van der Waals surface area contributed by atoms with Gasteiger partial charge < -0.3 is 25.7 Å². The quantitative estimate of drug-likeness (QED) is 0.193. The molecule has 39 heavy (non-hydrogen) atoms. The van der Waals surface area contributed by atoms with E-state index in [9.17, 15) is 27.9 Å². The van der Waals surface area contributed by atoms with Gasteiger partial charge in [-0.3, -0.25) is 9.59 Å². The molecule has 11 heteroatoms. The number of fused-ring (bicyclic) bond motifs is 1. The number of H-pyrrole nitrogens is 2. The molecule has 5 aromatic rings. The number of nitrogens with zero attached hydrogens (tertiary/aromatic N) is 1. The molecule has 198 valence electrons. The number of para-hydroxylation sites is 1. The molecule has 0 saturated heterocycles. The van der Waals surface area contributed by atoms with Crippen LogP contribution in [-0.2, 0) is 6.18 Å². The lowest BCUT2D eigenvalue weighted by Crippen LogP contribution is -2.17. The van der Waals surface area contributed by atoms with Gasteiger partial charge in [0.05, 0.1) is 34.1 Å². The highest BCUT2D eigenvalue weighted by atomic mass is 19.4. The molecule has 3 aromatic carbocycles. The molecule has 8 nitrogen and oxygen atoms in total. The second kappa shape index (κ2) is 10.5. The summed E-state index contributed by atoms with van der Waals surface area (Å²) >= 11 is 0. The minimum absolute atomic E-state index is 0.124. The van der Waals surface area contributed by atoms with E-state index in [0.717, 1.165) is 18.2 Å². The zero-order valence-corrected chi connectivity index (χ0v) is 20.2. The summed E-state index contributed by atoms with van der Waals surface area (Å²) in [6.07, 6.45) is -3.95. The van der Waals surface area contributed by atoms with Gasteiger partial charge in [0.25, 0.3) is 11.5 Å². The molecule has 2 aromatic heterocycles. The molecule has 0 spiro atoms. The first-order valence-corrected chi connectivity index (χ1v) is 11.9. The first-order valence-electron chi connectivity index (χ1n) is 11.9. The number of aliphatic hydroxyl groups is 1. The lowest BCUT2D eigenvalue weighted by molar-refractivity contribution is -0.137. The molecule has 1 atom stereocenters. The monoisotopic (exact) mass is 533 g/mol.